The number of urea groups is 1. The van der Waals surface area contributed by atoms with Crippen molar-refractivity contribution in [1.29, 1.82) is 0 Å². The van der Waals surface area contributed by atoms with Crippen LogP contribution in [-0.2, 0) is 0 Å². The predicted molar refractivity (Wildman–Crippen MR) is 75.5 cm³/mol. The highest BCUT2D eigenvalue weighted by atomic mass is 79.9. The van der Waals surface area contributed by atoms with Crippen LogP contribution < -0.4 is 10.6 Å². The largest absolute Gasteiger partial charge is 0.338 e. The highest BCUT2D eigenvalue weighted by Gasteiger charge is 2.14. The predicted octanol–water partition coefficient (Wildman–Crippen LogP) is 3.55. The summed E-state index contributed by atoms with van der Waals surface area (Å²) in [6.07, 6.45) is 8.06. The second kappa shape index (κ2) is 6.73. The molecule has 2 amide bonds. The van der Waals surface area contributed by atoms with Gasteiger partial charge < -0.3 is 5.32 Å². The first-order chi connectivity index (χ1) is 8.74. The number of nitrogens with one attached hydrogen (secondary N) is 2. The zero-order valence-corrected chi connectivity index (χ0v) is 11.9. The van der Waals surface area contributed by atoms with Crippen molar-refractivity contribution in [2.75, 3.05) is 11.9 Å². The van der Waals surface area contributed by atoms with Gasteiger partial charge in [-0.1, -0.05) is 19.3 Å². The van der Waals surface area contributed by atoms with Crippen molar-refractivity contribution in [3.05, 3.63) is 22.8 Å². The molecule has 0 aliphatic heterocycles. The third-order valence-electron chi connectivity index (χ3n) is 3.25. The lowest BCUT2D eigenvalue weighted by molar-refractivity contribution is 0.247. The number of amides is 2. The van der Waals surface area contributed by atoms with E-state index in [-0.39, 0.29) is 6.03 Å². The molecule has 0 aromatic carbocycles. The maximum absolute atomic E-state index is 11.7. The number of carbonyl (C=O) groups is 1. The first kappa shape index (κ1) is 13.3. The Balaban J connectivity index is 1.73. The van der Waals surface area contributed by atoms with Crippen molar-refractivity contribution in [3.63, 3.8) is 0 Å². The molecule has 98 valence electrons. The lowest BCUT2D eigenvalue weighted by Crippen LogP contribution is -2.33. The Kier molecular flexibility index (Phi) is 4.99. The quantitative estimate of drug-likeness (QED) is 0.897. The maximum atomic E-state index is 11.7. The molecule has 1 aromatic rings. The monoisotopic (exact) mass is 311 g/mol. The number of carbonyl (C=O) groups excluding carboxylic acids is 1. The molecule has 0 bridgehead atoms. The molecule has 0 spiro atoms. The van der Waals surface area contributed by atoms with E-state index in [1.54, 1.807) is 12.3 Å². The molecule has 18 heavy (non-hydrogen) atoms. The molecule has 2 rings (SSSR count). The summed E-state index contributed by atoms with van der Waals surface area (Å²) in [4.78, 5) is 15.8. The fourth-order valence-electron chi connectivity index (χ4n) is 2.24. The van der Waals surface area contributed by atoms with E-state index in [1.807, 2.05) is 6.07 Å². The third-order valence-corrected chi connectivity index (χ3v) is 3.71. The van der Waals surface area contributed by atoms with Crippen LogP contribution in [0.4, 0.5) is 10.6 Å². The minimum atomic E-state index is -0.171. The van der Waals surface area contributed by atoms with Crippen molar-refractivity contribution < 1.29 is 4.79 Å². The molecule has 1 saturated carbocycles. The molecule has 1 aromatic heterocycles. The van der Waals surface area contributed by atoms with Gasteiger partial charge in [0.2, 0.25) is 0 Å². The van der Waals surface area contributed by atoms with E-state index >= 15 is 0 Å². The highest BCUT2D eigenvalue weighted by Crippen LogP contribution is 2.22. The number of nitrogens with zero attached hydrogens (tertiary/aromatic N) is 1. The Morgan fingerprint density at radius 2 is 2.11 bits per heavy atom. The number of anilines is 1. The molecular formula is C13H18BrN3O. The van der Waals surface area contributed by atoms with Crippen molar-refractivity contribution in [3.8, 4) is 0 Å². The van der Waals surface area contributed by atoms with E-state index in [0.29, 0.717) is 11.7 Å². The number of hydrogen-bond acceptors (Lipinski definition) is 2. The zero-order chi connectivity index (χ0) is 12.8. The number of pyridine rings is 1. The molecule has 1 aliphatic rings. The summed E-state index contributed by atoms with van der Waals surface area (Å²) in [5.41, 5.74) is 0. The van der Waals surface area contributed by atoms with Crippen LogP contribution >= 0.6 is 15.9 Å². The normalized spacial score (nSPS) is 16.3. The Morgan fingerprint density at radius 1 is 1.33 bits per heavy atom. The van der Waals surface area contributed by atoms with Gasteiger partial charge in [0.25, 0.3) is 0 Å². The van der Waals surface area contributed by atoms with Crippen LogP contribution in [-0.4, -0.2) is 17.6 Å². The molecule has 1 fully saturated rings. The van der Waals surface area contributed by atoms with E-state index in [9.17, 15) is 4.79 Å². The molecule has 0 unspecified atom stereocenters. The zero-order valence-electron chi connectivity index (χ0n) is 10.3. The van der Waals surface area contributed by atoms with E-state index in [2.05, 4.69) is 31.5 Å². The van der Waals surface area contributed by atoms with E-state index in [0.717, 1.165) is 11.0 Å². The van der Waals surface area contributed by atoms with E-state index in [4.69, 9.17) is 0 Å². The average Bonchev–Trinajstić information content (AvgIpc) is 2.40. The Morgan fingerprint density at radius 3 is 2.78 bits per heavy atom. The summed E-state index contributed by atoms with van der Waals surface area (Å²) in [6.45, 7) is 0.766. The summed E-state index contributed by atoms with van der Waals surface area (Å²) in [6, 6.07) is 3.45. The van der Waals surface area contributed by atoms with Crippen LogP contribution in [0.3, 0.4) is 0 Å². The minimum Gasteiger partial charge on any atom is -0.338 e. The fraction of sp³-hybridized carbons (Fsp3) is 0.538. The average molecular weight is 312 g/mol. The van der Waals surface area contributed by atoms with Gasteiger partial charge in [0.15, 0.2) is 0 Å². The molecular weight excluding hydrogens is 294 g/mol. The maximum Gasteiger partial charge on any atom is 0.320 e. The molecule has 1 aliphatic carbocycles. The number of halogens is 1. The third kappa shape index (κ3) is 4.29. The van der Waals surface area contributed by atoms with Crippen molar-refractivity contribution >= 4 is 27.8 Å². The SMILES string of the molecule is O=C(NCC1CCCCC1)Nc1ccc(Br)cn1. The summed E-state index contributed by atoms with van der Waals surface area (Å²) in [5.74, 6) is 1.21. The second-order valence-corrected chi connectivity index (χ2v) is 5.62. The standard InChI is InChI=1S/C13H18BrN3O/c14-11-6-7-12(15-9-11)17-13(18)16-8-10-4-2-1-3-5-10/h6-7,9-10H,1-5,8H2,(H2,15,16,17,18). The second-order valence-electron chi connectivity index (χ2n) is 4.70. The number of hydrogen-bond donors (Lipinski definition) is 2. The molecule has 0 saturated heterocycles. The van der Waals surface area contributed by atoms with Crippen molar-refractivity contribution in [2.24, 2.45) is 5.92 Å². The van der Waals surface area contributed by atoms with Gasteiger partial charge >= 0.3 is 6.03 Å². The van der Waals surface area contributed by atoms with Gasteiger partial charge in [-0.15, -0.1) is 0 Å². The molecule has 4 nitrogen and oxygen atoms in total. The van der Waals surface area contributed by atoms with Crippen LogP contribution in [0, 0.1) is 5.92 Å². The lowest BCUT2D eigenvalue weighted by atomic mass is 9.89. The number of rotatable bonds is 3. The summed E-state index contributed by atoms with van der Waals surface area (Å²) >= 11 is 3.30. The minimum absolute atomic E-state index is 0.171. The van der Waals surface area contributed by atoms with E-state index < -0.39 is 0 Å². The topological polar surface area (TPSA) is 54.0 Å². The van der Waals surface area contributed by atoms with Crippen LogP contribution in [0.5, 0.6) is 0 Å². The van der Waals surface area contributed by atoms with Gasteiger partial charge in [0, 0.05) is 17.2 Å². The first-order valence-electron chi connectivity index (χ1n) is 6.40. The summed E-state index contributed by atoms with van der Waals surface area (Å²) < 4.78 is 0.899. The van der Waals surface area contributed by atoms with E-state index in [1.165, 1.54) is 32.1 Å². The van der Waals surface area contributed by atoms with Crippen LogP contribution in [0.15, 0.2) is 22.8 Å². The van der Waals surface area contributed by atoms with Crippen molar-refractivity contribution in [2.45, 2.75) is 32.1 Å². The molecule has 5 heteroatoms. The Hall–Kier alpha value is -1.10. The van der Waals surface area contributed by atoms with Crippen molar-refractivity contribution in [1.82, 2.24) is 10.3 Å². The summed E-state index contributed by atoms with van der Waals surface area (Å²) in [7, 11) is 0. The molecule has 0 radical (unpaired) electrons. The van der Waals surface area contributed by atoms with Crippen LogP contribution in [0.2, 0.25) is 0 Å². The van der Waals surface area contributed by atoms with Gasteiger partial charge in [0.1, 0.15) is 5.82 Å². The fourth-order valence-corrected chi connectivity index (χ4v) is 2.47. The Labute approximate surface area is 116 Å². The van der Waals surface area contributed by atoms with Crippen LogP contribution in [0.1, 0.15) is 32.1 Å². The van der Waals surface area contributed by atoms with Gasteiger partial charge in [-0.25, -0.2) is 9.78 Å². The van der Waals surface area contributed by atoms with Gasteiger partial charge in [-0.05, 0) is 46.8 Å². The molecule has 0 atom stereocenters. The van der Waals surface area contributed by atoms with Crippen LogP contribution in [0.25, 0.3) is 0 Å². The lowest BCUT2D eigenvalue weighted by Gasteiger charge is -2.21. The smallest absolute Gasteiger partial charge is 0.320 e. The first-order valence-corrected chi connectivity index (χ1v) is 7.20. The summed E-state index contributed by atoms with van der Waals surface area (Å²) in [5, 5.41) is 5.64. The molecule has 2 N–H and O–H groups in total. The number of aromatic nitrogens is 1. The Bertz CT molecular complexity index is 388. The molecule has 1 heterocycles. The van der Waals surface area contributed by atoms with Gasteiger partial charge in [0.05, 0.1) is 0 Å². The van der Waals surface area contributed by atoms with Gasteiger partial charge in [-0.2, -0.15) is 0 Å². The van der Waals surface area contributed by atoms with Gasteiger partial charge in [-0.3, -0.25) is 5.32 Å². The highest BCUT2D eigenvalue weighted by molar-refractivity contribution is 9.10.